The van der Waals surface area contributed by atoms with Crippen LogP contribution >= 0.6 is 11.3 Å². The van der Waals surface area contributed by atoms with Crippen molar-refractivity contribution in [2.24, 2.45) is 0 Å². The maximum Gasteiger partial charge on any atom is 0.107 e. The third-order valence-corrected chi connectivity index (χ3v) is 3.68. The largest absolute Gasteiger partial charge is 0.375 e. The molecule has 0 saturated carbocycles. The maximum atomic E-state index is 5.65. The van der Waals surface area contributed by atoms with Crippen LogP contribution < -0.4 is 5.32 Å². The van der Waals surface area contributed by atoms with E-state index in [9.17, 15) is 0 Å². The highest BCUT2D eigenvalue weighted by molar-refractivity contribution is 7.09. The lowest BCUT2D eigenvalue weighted by molar-refractivity contribution is 0.121. The summed E-state index contributed by atoms with van der Waals surface area (Å²) in [5, 5.41) is 6.55. The summed E-state index contributed by atoms with van der Waals surface area (Å²) >= 11 is 1.69. The molecule has 5 heteroatoms. The predicted octanol–water partition coefficient (Wildman–Crippen LogP) is 2.80. The number of nitrogens with one attached hydrogen (secondary N) is 1. The van der Waals surface area contributed by atoms with Crippen LogP contribution in [0, 0.1) is 0 Å². The first-order valence-electron chi connectivity index (χ1n) is 7.00. The van der Waals surface area contributed by atoms with Crippen LogP contribution in [0.25, 0.3) is 0 Å². The fraction of sp³-hybridized carbons (Fsp3) is 0.467. The molecule has 0 radical (unpaired) electrons. The molecule has 0 aliphatic rings. The highest BCUT2D eigenvalue weighted by atomic mass is 32.1. The van der Waals surface area contributed by atoms with Gasteiger partial charge in [-0.2, -0.15) is 0 Å². The number of nitrogens with zero attached hydrogens (tertiary/aromatic N) is 2. The first-order valence-corrected chi connectivity index (χ1v) is 7.88. The van der Waals surface area contributed by atoms with Gasteiger partial charge >= 0.3 is 0 Å². The molecule has 0 atom stereocenters. The molecule has 0 saturated heterocycles. The number of hydrogen-bond donors (Lipinski definition) is 1. The predicted molar refractivity (Wildman–Crippen MR) is 81.7 cm³/mol. The van der Waals surface area contributed by atoms with Gasteiger partial charge in [0.2, 0.25) is 0 Å². The van der Waals surface area contributed by atoms with Crippen molar-refractivity contribution in [3.63, 3.8) is 0 Å². The Bertz CT molecular complexity index is 487. The van der Waals surface area contributed by atoms with Crippen LogP contribution in [0.1, 0.15) is 29.7 Å². The number of thiazole rings is 1. The molecule has 0 aromatic carbocycles. The molecule has 2 aromatic heterocycles. The van der Waals surface area contributed by atoms with Crippen LogP contribution in [0.3, 0.4) is 0 Å². The van der Waals surface area contributed by atoms with E-state index in [-0.39, 0.29) is 0 Å². The third kappa shape index (κ3) is 5.36. The molecular formula is C15H21N3OS. The van der Waals surface area contributed by atoms with E-state index in [1.165, 1.54) is 0 Å². The number of pyridine rings is 1. The van der Waals surface area contributed by atoms with Gasteiger partial charge in [0.1, 0.15) is 5.01 Å². The van der Waals surface area contributed by atoms with Gasteiger partial charge in [-0.1, -0.05) is 13.0 Å². The standard InChI is InChI=1S/C15H21N3OS/c1-2-7-16-10-15-18-14(12-20-15)11-19-9-6-13-5-3-4-8-17-13/h3-5,8,12,16H,2,6-7,9-11H2,1H3. The second kappa shape index (κ2) is 8.79. The first kappa shape index (κ1) is 15.1. The van der Waals surface area contributed by atoms with E-state index in [4.69, 9.17) is 4.74 Å². The van der Waals surface area contributed by atoms with Crippen LogP contribution in [-0.4, -0.2) is 23.1 Å². The van der Waals surface area contributed by atoms with Crippen molar-refractivity contribution in [1.82, 2.24) is 15.3 Å². The smallest absolute Gasteiger partial charge is 0.107 e. The number of aromatic nitrogens is 2. The molecule has 0 amide bonds. The average Bonchev–Trinajstić information content (AvgIpc) is 2.93. The lowest BCUT2D eigenvalue weighted by atomic mass is 10.3. The Hall–Kier alpha value is -1.30. The molecule has 1 N–H and O–H groups in total. The van der Waals surface area contributed by atoms with Gasteiger partial charge in [-0.05, 0) is 25.1 Å². The van der Waals surface area contributed by atoms with Crippen molar-refractivity contribution < 1.29 is 4.74 Å². The summed E-state index contributed by atoms with van der Waals surface area (Å²) in [6.45, 7) is 5.31. The number of rotatable bonds is 9. The minimum absolute atomic E-state index is 0.580. The van der Waals surface area contributed by atoms with Crippen LogP contribution in [-0.2, 0) is 24.3 Å². The van der Waals surface area contributed by atoms with E-state index in [2.05, 4.69) is 27.6 Å². The fourth-order valence-corrected chi connectivity index (χ4v) is 2.52. The summed E-state index contributed by atoms with van der Waals surface area (Å²) in [4.78, 5) is 8.81. The fourth-order valence-electron chi connectivity index (χ4n) is 1.77. The zero-order valence-corrected chi connectivity index (χ0v) is 12.7. The second-order valence-electron chi connectivity index (χ2n) is 4.53. The molecule has 0 fully saturated rings. The van der Waals surface area contributed by atoms with Gasteiger partial charge in [-0.3, -0.25) is 4.98 Å². The van der Waals surface area contributed by atoms with Gasteiger partial charge in [0.15, 0.2) is 0 Å². The SMILES string of the molecule is CCCNCc1nc(COCCc2ccccn2)cs1. The van der Waals surface area contributed by atoms with Crippen molar-refractivity contribution in [1.29, 1.82) is 0 Å². The summed E-state index contributed by atoms with van der Waals surface area (Å²) in [5.41, 5.74) is 2.08. The zero-order valence-electron chi connectivity index (χ0n) is 11.8. The van der Waals surface area contributed by atoms with Crippen LogP contribution in [0.5, 0.6) is 0 Å². The average molecular weight is 291 g/mol. The minimum Gasteiger partial charge on any atom is -0.375 e. The summed E-state index contributed by atoms with van der Waals surface area (Å²) < 4.78 is 5.65. The van der Waals surface area contributed by atoms with E-state index < -0.39 is 0 Å². The molecule has 0 unspecified atom stereocenters. The monoisotopic (exact) mass is 291 g/mol. The molecule has 0 aliphatic carbocycles. The molecule has 2 aromatic rings. The Kier molecular flexibility index (Phi) is 6.63. The van der Waals surface area contributed by atoms with E-state index in [0.717, 1.165) is 42.3 Å². The summed E-state index contributed by atoms with van der Waals surface area (Å²) in [5.74, 6) is 0. The van der Waals surface area contributed by atoms with E-state index in [0.29, 0.717) is 13.2 Å². The van der Waals surface area contributed by atoms with E-state index in [1.54, 1.807) is 11.3 Å². The molecule has 108 valence electrons. The Balaban J connectivity index is 1.64. The Morgan fingerprint density at radius 1 is 1.30 bits per heavy atom. The van der Waals surface area contributed by atoms with Crippen molar-refractivity contribution in [3.8, 4) is 0 Å². The van der Waals surface area contributed by atoms with Crippen molar-refractivity contribution >= 4 is 11.3 Å². The highest BCUT2D eigenvalue weighted by Gasteiger charge is 2.02. The molecule has 2 rings (SSSR count). The van der Waals surface area contributed by atoms with E-state index in [1.807, 2.05) is 24.4 Å². The normalized spacial score (nSPS) is 10.8. The van der Waals surface area contributed by atoms with Crippen LogP contribution in [0.2, 0.25) is 0 Å². The summed E-state index contributed by atoms with van der Waals surface area (Å²) in [7, 11) is 0. The van der Waals surface area contributed by atoms with Crippen molar-refractivity contribution in [2.75, 3.05) is 13.2 Å². The van der Waals surface area contributed by atoms with Gasteiger partial charge in [0.05, 0.1) is 18.9 Å². The zero-order chi connectivity index (χ0) is 14.0. The molecular weight excluding hydrogens is 270 g/mol. The highest BCUT2D eigenvalue weighted by Crippen LogP contribution is 2.10. The first-order chi connectivity index (χ1) is 9.88. The van der Waals surface area contributed by atoms with Gasteiger partial charge in [0, 0.05) is 30.2 Å². The molecule has 4 nitrogen and oxygen atoms in total. The lowest BCUT2D eigenvalue weighted by Gasteiger charge is -2.02. The van der Waals surface area contributed by atoms with Crippen molar-refractivity contribution in [3.05, 3.63) is 46.2 Å². The van der Waals surface area contributed by atoms with Gasteiger partial charge in [0.25, 0.3) is 0 Å². The van der Waals surface area contributed by atoms with Gasteiger partial charge in [-0.25, -0.2) is 4.98 Å². The molecule has 20 heavy (non-hydrogen) atoms. The van der Waals surface area contributed by atoms with Gasteiger partial charge < -0.3 is 10.1 Å². The molecule has 0 bridgehead atoms. The van der Waals surface area contributed by atoms with Crippen molar-refractivity contribution in [2.45, 2.75) is 32.9 Å². The maximum absolute atomic E-state index is 5.65. The van der Waals surface area contributed by atoms with Crippen LogP contribution in [0.4, 0.5) is 0 Å². The number of ether oxygens (including phenoxy) is 1. The second-order valence-corrected chi connectivity index (χ2v) is 5.48. The minimum atomic E-state index is 0.580. The Morgan fingerprint density at radius 2 is 2.25 bits per heavy atom. The quantitative estimate of drug-likeness (QED) is 0.722. The Morgan fingerprint density at radius 3 is 3.05 bits per heavy atom. The summed E-state index contributed by atoms with van der Waals surface area (Å²) in [6.07, 6.45) is 3.80. The number of hydrogen-bond acceptors (Lipinski definition) is 5. The lowest BCUT2D eigenvalue weighted by Crippen LogP contribution is -2.13. The van der Waals surface area contributed by atoms with Crippen LogP contribution in [0.15, 0.2) is 29.8 Å². The summed E-state index contributed by atoms with van der Waals surface area (Å²) in [6, 6.07) is 5.94. The van der Waals surface area contributed by atoms with E-state index >= 15 is 0 Å². The molecule has 2 heterocycles. The molecule has 0 spiro atoms. The Labute approximate surface area is 124 Å². The molecule has 0 aliphatic heterocycles. The topological polar surface area (TPSA) is 47.0 Å². The third-order valence-electron chi connectivity index (χ3n) is 2.78. The van der Waals surface area contributed by atoms with Gasteiger partial charge in [-0.15, -0.1) is 11.3 Å².